The number of aromatic nitrogens is 8. The predicted octanol–water partition coefficient (Wildman–Crippen LogP) is 4.41. The van der Waals surface area contributed by atoms with E-state index in [-0.39, 0.29) is 10.0 Å². The zero-order valence-electron chi connectivity index (χ0n) is 27.6. The molecule has 0 radical (unpaired) electrons. The molecule has 6 rings (SSSR count). The average Bonchev–Trinajstić information content (AvgIpc) is 3.83. The number of nitrogens with zero attached hydrogens (tertiary/aromatic N) is 8. The first-order valence-corrected chi connectivity index (χ1v) is 16.8. The van der Waals surface area contributed by atoms with Crippen LogP contribution in [-0.2, 0) is 38.1 Å². The van der Waals surface area contributed by atoms with E-state index < -0.39 is 48.3 Å². The Morgan fingerprint density at radius 2 is 0.880 bits per heavy atom. The number of esters is 4. The molecular formula is C32H30N8O8S2. The van der Waals surface area contributed by atoms with Crippen LogP contribution in [0.4, 0.5) is 0 Å². The highest BCUT2D eigenvalue weighted by Crippen LogP contribution is 2.39. The molecule has 0 fully saturated rings. The van der Waals surface area contributed by atoms with Gasteiger partial charge in [0.2, 0.25) is 9.92 Å². The Labute approximate surface area is 292 Å². The quantitative estimate of drug-likeness (QED) is 0.135. The first-order chi connectivity index (χ1) is 23.9. The molecule has 6 aromatic rings. The summed E-state index contributed by atoms with van der Waals surface area (Å²) < 4.78 is 25.9. The van der Waals surface area contributed by atoms with Crippen LogP contribution in [0.2, 0.25) is 0 Å². The van der Waals surface area contributed by atoms with E-state index in [0.29, 0.717) is 21.6 Å². The summed E-state index contributed by atoms with van der Waals surface area (Å²) >= 11 is 2.02. The average molecular weight is 719 g/mol. The number of aryl methyl sites for hydroxylation is 2. The van der Waals surface area contributed by atoms with Gasteiger partial charge in [-0.1, -0.05) is 82.3 Å². The highest BCUT2D eigenvalue weighted by atomic mass is 32.1. The number of ether oxygens (including phenoxy) is 4. The second kappa shape index (κ2) is 14.1. The van der Waals surface area contributed by atoms with Gasteiger partial charge in [-0.25, -0.2) is 0 Å². The predicted molar refractivity (Wildman–Crippen MR) is 178 cm³/mol. The first kappa shape index (κ1) is 34.3. The molecule has 0 saturated carbocycles. The van der Waals surface area contributed by atoms with Crippen molar-refractivity contribution in [3.8, 4) is 22.8 Å². The van der Waals surface area contributed by atoms with Crippen LogP contribution in [-0.4, -0.2) is 75.7 Å². The van der Waals surface area contributed by atoms with Gasteiger partial charge in [-0.2, -0.15) is 19.2 Å². The summed E-state index contributed by atoms with van der Waals surface area (Å²) in [5.41, 5.74) is 3.54. The standard InChI is InChI=1S/C32H30N8O8S2/c1-15-7-11-21(12-8-15)27-33-35-31-39(27)37-29(49-31)25(47-19(5)43)23(45-17(3)41)24(46-18(4)42)26(48-20(6)44)30-38-40-28(34-36-32(40)50-30)22-13-9-16(2)10-14-22/h7-14,23-26H,1-6H3/t23-,24+,25+,26-. The molecule has 258 valence electrons. The van der Waals surface area contributed by atoms with Gasteiger partial charge >= 0.3 is 23.9 Å². The van der Waals surface area contributed by atoms with Gasteiger partial charge < -0.3 is 18.9 Å². The van der Waals surface area contributed by atoms with Gasteiger partial charge in [0.15, 0.2) is 46.1 Å². The molecular weight excluding hydrogens is 689 g/mol. The van der Waals surface area contributed by atoms with Crippen molar-refractivity contribution in [2.24, 2.45) is 0 Å². The molecule has 16 nitrogen and oxygen atoms in total. The van der Waals surface area contributed by atoms with Crippen molar-refractivity contribution in [1.82, 2.24) is 39.6 Å². The van der Waals surface area contributed by atoms with Gasteiger partial charge in [0.1, 0.15) is 0 Å². The summed E-state index contributed by atoms with van der Waals surface area (Å²) in [7, 11) is 0. The van der Waals surface area contributed by atoms with Gasteiger partial charge in [0.05, 0.1) is 0 Å². The SMILES string of the molecule is CC(=O)O[C@H]([C@H](OC(C)=O)[C@@H](OC(C)=O)c1nn2c(-c3ccc(C)cc3)nnc2s1)[C@H](OC(C)=O)c1nn2c(-c3ccc(C)cc3)nnc2s1. The van der Waals surface area contributed by atoms with Crippen LogP contribution in [0, 0.1) is 13.8 Å². The van der Waals surface area contributed by atoms with Gasteiger partial charge in [0, 0.05) is 38.8 Å². The van der Waals surface area contributed by atoms with Crippen molar-refractivity contribution in [2.45, 2.75) is 66.0 Å². The zero-order valence-corrected chi connectivity index (χ0v) is 29.2. The fourth-order valence-corrected chi connectivity index (χ4v) is 6.92. The summed E-state index contributed by atoms with van der Waals surface area (Å²) in [6, 6.07) is 15.1. The maximum atomic E-state index is 12.7. The normalized spacial score (nSPS) is 13.8. The van der Waals surface area contributed by atoms with Gasteiger partial charge in [-0.3, -0.25) is 19.2 Å². The topological polar surface area (TPSA) is 191 Å². The third kappa shape index (κ3) is 7.20. The number of benzene rings is 2. The van der Waals surface area contributed by atoms with E-state index in [9.17, 15) is 19.2 Å². The lowest BCUT2D eigenvalue weighted by molar-refractivity contribution is -0.200. The van der Waals surface area contributed by atoms with E-state index in [1.165, 1.54) is 9.03 Å². The molecule has 0 aliphatic heterocycles. The highest BCUT2D eigenvalue weighted by molar-refractivity contribution is 7.17. The molecule has 0 N–H and O–H groups in total. The monoisotopic (exact) mass is 718 g/mol. The van der Waals surface area contributed by atoms with E-state index in [1.54, 1.807) is 0 Å². The summed E-state index contributed by atoms with van der Waals surface area (Å²) in [6.07, 6.45) is -6.13. The summed E-state index contributed by atoms with van der Waals surface area (Å²) in [5.74, 6) is -2.32. The number of hydrogen-bond donors (Lipinski definition) is 0. The van der Waals surface area contributed by atoms with E-state index in [2.05, 4.69) is 30.6 Å². The molecule has 0 bridgehead atoms. The minimum absolute atomic E-state index is 0.128. The largest absolute Gasteiger partial charge is 0.454 e. The molecule has 4 atom stereocenters. The van der Waals surface area contributed by atoms with Crippen LogP contribution in [0.15, 0.2) is 48.5 Å². The molecule has 0 unspecified atom stereocenters. The first-order valence-electron chi connectivity index (χ1n) is 15.1. The van der Waals surface area contributed by atoms with Gasteiger partial charge in [-0.05, 0) is 13.8 Å². The lowest BCUT2D eigenvalue weighted by atomic mass is 10.0. The second-order valence-corrected chi connectivity index (χ2v) is 13.2. The number of carbonyl (C=O) groups excluding carboxylic acids is 4. The molecule has 4 heterocycles. The molecule has 4 aromatic heterocycles. The maximum Gasteiger partial charge on any atom is 0.303 e. The van der Waals surface area contributed by atoms with Crippen molar-refractivity contribution < 1.29 is 38.1 Å². The molecule has 0 aliphatic carbocycles. The minimum atomic E-state index is -1.60. The van der Waals surface area contributed by atoms with Crippen LogP contribution in [0.3, 0.4) is 0 Å². The minimum Gasteiger partial charge on any atom is -0.454 e. The summed E-state index contributed by atoms with van der Waals surface area (Å²) in [4.78, 5) is 51.2. The molecule has 0 spiro atoms. The third-order valence-electron chi connectivity index (χ3n) is 7.23. The Kier molecular flexibility index (Phi) is 9.65. The number of fused-ring (bicyclic) bond motifs is 2. The van der Waals surface area contributed by atoms with Crippen LogP contribution in [0.25, 0.3) is 32.7 Å². The maximum absolute atomic E-state index is 12.7. The fraction of sp³-hybridized carbons (Fsp3) is 0.312. The highest BCUT2D eigenvalue weighted by Gasteiger charge is 2.47. The van der Waals surface area contributed by atoms with E-state index in [1.807, 2.05) is 62.4 Å². The van der Waals surface area contributed by atoms with Crippen molar-refractivity contribution in [3.63, 3.8) is 0 Å². The van der Waals surface area contributed by atoms with Crippen molar-refractivity contribution in [3.05, 3.63) is 69.7 Å². The van der Waals surface area contributed by atoms with Crippen LogP contribution in [0.5, 0.6) is 0 Å². The van der Waals surface area contributed by atoms with Gasteiger partial charge in [-0.15, -0.1) is 20.4 Å². The van der Waals surface area contributed by atoms with Crippen molar-refractivity contribution in [2.75, 3.05) is 0 Å². The van der Waals surface area contributed by atoms with Gasteiger partial charge in [0.25, 0.3) is 0 Å². The van der Waals surface area contributed by atoms with Crippen molar-refractivity contribution in [1.29, 1.82) is 0 Å². The van der Waals surface area contributed by atoms with E-state index in [0.717, 1.165) is 72.6 Å². The van der Waals surface area contributed by atoms with Crippen LogP contribution >= 0.6 is 22.7 Å². The third-order valence-corrected chi connectivity index (χ3v) is 9.15. The Balaban J connectivity index is 1.47. The lowest BCUT2D eigenvalue weighted by Crippen LogP contribution is -2.45. The zero-order chi connectivity index (χ0) is 35.7. The summed E-state index contributed by atoms with van der Waals surface area (Å²) in [6.45, 7) is 8.50. The molecule has 0 saturated heterocycles. The summed E-state index contributed by atoms with van der Waals surface area (Å²) in [5, 5.41) is 26.5. The molecule has 0 amide bonds. The van der Waals surface area contributed by atoms with E-state index >= 15 is 0 Å². The molecule has 18 heteroatoms. The molecule has 2 aromatic carbocycles. The fourth-order valence-electron chi connectivity index (χ4n) is 5.12. The van der Waals surface area contributed by atoms with E-state index in [4.69, 9.17) is 18.9 Å². The number of rotatable bonds is 11. The Morgan fingerprint density at radius 1 is 0.540 bits per heavy atom. The Hall–Kier alpha value is -5.62. The smallest absolute Gasteiger partial charge is 0.303 e. The Bertz CT molecular complexity index is 2050. The van der Waals surface area contributed by atoms with Crippen LogP contribution in [0.1, 0.15) is 61.0 Å². The van der Waals surface area contributed by atoms with Crippen LogP contribution < -0.4 is 0 Å². The molecule has 50 heavy (non-hydrogen) atoms. The molecule has 0 aliphatic rings. The second-order valence-electron chi connectivity index (χ2n) is 11.3. The van der Waals surface area contributed by atoms with Crippen molar-refractivity contribution >= 4 is 56.5 Å². The Morgan fingerprint density at radius 3 is 1.20 bits per heavy atom. The number of carbonyl (C=O) groups is 4. The number of hydrogen-bond acceptors (Lipinski definition) is 16. The lowest BCUT2D eigenvalue weighted by Gasteiger charge is -2.33.